The van der Waals surface area contributed by atoms with Crippen LogP contribution >= 0.6 is 0 Å². The quantitative estimate of drug-likeness (QED) is 0.473. The molecular weight excluding hydrogens is 388 g/mol. The highest BCUT2D eigenvalue weighted by Crippen LogP contribution is 2.24. The summed E-state index contributed by atoms with van der Waals surface area (Å²) in [6, 6.07) is 3.99. The summed E-state index contributed by atoms with van der Waals surface area (Å²) in [4.78, 5) is 8.24. The van der Waals surface area contributed by atoms with Crippen LogP contribution in [0.3, 0.4) is 0 Å². The Kier molecular flexibility index (Phi) is 10.5. The van der Waals surface area contributed by atoms with Gasteiger partial charge in [-0.1, -0.05) is 0 Å². The van der Waals surface area contributed by atoms with Crippen LogP contribution in [0.15, 0.2) is 6.07 Å². The van der Waals surface area contributed by atoms with Crippen molar-refractivity contribution in [2.24, 2.45) is 0 Å². The molecular formula is C17H28N4O4S2. The van der Waals surface area contributed by atoms with E-state index in [-0.39, 0.29) is 24.7 Å². The first-order chi connectivity index (χ1) is 12.8. The van der Waals surface area contributed by atoms with Crippen LogP contribution in [-0.4, -0.2) is 87.0 Å². The van der Waals surface area contributed by atoms with Gasteiger partial charge in [-0.2, -0.15) is 5.26 Å². The molecule has 2 unspecified atom stereocenters. The fraction of sp³-hybridized carbons (Fsp3) is 0.647. The zero-order valence-electron chi connectivity index (χ0n) is 16.1. The minimum atomic E-state index is -1.12. The van der Waals surface area contributed by atoms with Crippen molar-refractivity contribution in [1.82, 2.24) is 4.98 Å². The molecule has 0 fully saturated rings. The van der Waals surface area contributed by atoms with Gasteiger partial charge in [0.1, 0.15) is 17.7 Å². The molecule has 0 amide bonds. The smallest absolute Gasteiger partial charge is 0.149 e. The summed E-state index contributed by atoms with van der Waals surface area (Å²) in [5.41, 5.74) is 1.25. The third-order valence-electron chi connectivity index (χ3n) is 4.00. The lowest BCUT2D eigenvalue weighted by Crippen LogP contribution is -2.29. The second-order valence-corrected chi connectivity index (χ2v) is 9.49. The second kappa shape index (κ2) is 12.0. The molecule has 1 rings (SSSR count). The van der Waals surface area contributed by atoms with E-state index >= 15 is 0 Å². The fourth-order valence-corrected chi connectivity index (χ4v) is 4.13. The molecule has 0 bridgehead atoms. The lowest BCUT2D eigenvalue weighted by molar-refractivity contribution is 0.321. The van der Waals surface area contributed by atoms with Crippen molar-refractivity contribution in [3.63, 3.8) is 0 Å². The monoisotopic (exact) mass is 416 g/mol. The number of hydrogen-bond donors (Lipinski definition) is 2. The highest BCUT2D eigenvalue weighted by Gasteiger charge is 2.16. The van der Waals surface area contributed by atoms with Crippen LogP contribution < -0.4 is 9.80 Å². The van der Waals surface area contributed by atoms with E-state index in [1.54, 1.807) is 11.9 Å². The zero-order chi connectivity index (χ0) is 20.4. The van der Waals surface area contributed by atoms with Crippen molar-refractivity contribution >= 4 is 33.2 Å². The first-order valence-electron chi connectivity index (χ1n) is 8.59. The van der Waals surface area contributed by atoms with Crippen LogP contribution in [0.1, 0.15) is 11.1 Å². The normalized spacial score (nSPS) is 13.0. The predicted octanol–water partition coefficient (Wildman–Crippen LogP) is -0.384. The summed E-state index contributed by atoms with van der Waals surface area (Å²) in [5, 5.41) is 27.2. The molecule has 2 atom stereocenters. The van der Waals surface area contributed by atoms with Gasteiger partial charge in [-0.05, 0) is 18.6 Å². The van der Waals surface area contributed by atoms with Gasteiger partial charge in [-0.25, -0.2) is 4.98 Å². The molecule has 0 aliphatic heterocycles. The molecule has 0 radical (unpaired) electrons. The van der Waals surface area contributed by atoms with E-state index in [0.717, 1.165) is 5.56 Å². The van der Waals surface area contributed by atoms with Crippen LogP contribution in [0.25, 0.3) is 0 Å². The Hall–Kier alpha value is -1.54. The minimum absolute atomic E-state index is 0.100. The number of aliphatic hydroxyl groups excluding tert-OH is 2. The van der Waals surface area contributed by atoms with Crippen molar-refractivity contribution in [2.75, 3.05) is 73.2 Å². The van der Waals surface area contributed by atoms with Gasteiger partial charge in [0, 0.05) is 71.8 Å². The van der Waals surface area contributed by atoms with Gasteiger partial charge in [-0.3, -0.25) is 8.42 Å². The molecule has 8 nitrogen and oxygen atoms in total. The summed E-state index contributed by atoms with van der Waals surface area (Å²) >= 11 is 0. The SMILES string of the molecule is Cc1cc(N(C)CCS(=O)CCO)nc(N(C)CCS(=O)CCO)c1C#N. The van der Waals surface area contributed by atoms with E-state index in [1.807, 2.05) is 24.9 Å². The van der Waals surface area contributed by atoms with Crippen LogP contribution in [0.4, 0.5) is 11.6 Å². The van der Waals surface area contributed by atoms with Gasteiger partial charge in [0.2, 0.25) is 0 Å². The largest absolute Gasteiger partial charge is 0.395 e. The molecule has 1 aromatic rings. The van der Waals surface area contributed by atoms with Crippen molar-refractivity contribution < 1.29 is 18.6 Å². The summed E-state index contributed by atoms with van der Waals surface area (Å²) in [7, 11) is 1.42. The van der Waals surface area contributed by atoms with Gasteiger partial charge in [0.05, 0.1) is 18.8 Å². The lowest BCUT2D eigenvalue weighted by Gasteiger charge is -2.24. The first-order valence-corrected chi connectivity index (χ1v) is 11.6. The number of pyridine rings is 1. The molecule has 0 aliphatic rings. The van der Waals surface area contributed by atoms with Crippen LogP contribution in [0, 0.1) is 18.3 Å². The molecule has 1 aromatic heterocycles. The highest BCUT2D eigenvalue weighted by molar-refractivity contribution is 7.85. The van der Waals surface area contributed by atoms with E-state index in [9.17, 15) is 13.7 Å². The molecule has 0 saturated heterocycles. The Morgan fingerprint density at radius 1 is 1.04 bits per heavy atom. The number of aryl methyl sites for hydroxylation is 1. The number of aromatic nitrogens is 1. The molecule has 0 saturated carbocycles. The average Bonchev–Trinajstić information content (AvgIpc) is 2.63. The highest BCUT2D eigenvalue weighted by atomic mass is 32.2. The van der Waals surface area contributed by atoms with Crippen molar-refractivity contribution in [3.8, 4) is 6.07 Å². The van der Waals surface area contributed by atoms with Crippen molar-refractivity contribution in [2.45, 2.75) is 6.92 Å². The number of nitriles is 1. The zero-order valence-corrected chi connectivity index (χ0v) is 17.7. The number of nitrogens with zero attached hydrogens (tertiary/aromatic N) is 4. The summed E-state index contributed by atoms with van der Waals surface area (Å²) < 4.78 is 23.5. The Labute approximate surface area is 165 Å². The van der Waals surface area contributed by atoms with E-state index in [1.165, 1.54) is 0 Å². The number of aliphatic hydroxyl groups is 2. The lowest BCUT2D eigenvalue weighted by atomic mass is 10.1. The van der Waals surface area contributed by atoms with Crippen molar-refractivity contribution in [3.05, 3.63) is 17.2 Å². The molecule has 0 spiro atoms. The molecule has 1 heterocycles. The van der Waals surface area contributed by atoms with Crippen LogP contribution in [0.5, 0.6) is 0 Å². The van der Waals surface area contributed by atoms with Gasteiger partial charge < -0.3 is 20.0 Å². The van der Waals surface area contributed by atoms with E-state index in [4.69, 9.17) is 10.2 Å². The molecule has 0 aliphatic carbocycles. The van der Waals surface area contributed by atoms with Crippen molar-refractivity contribution in [1.29, 1.82) is 5.26 Å². The van der Waals surface area contributed by atoms with E-state index in [0.29, 0.717) is 41.8 Å². The first kappa shape index (κ1) is 23.5. The van der Waals surface area contributed by atoms with Gasteiger partial charge >= 0.3 is 0 Å². The Morgan fingerprint density at radius 3 is 2.04 bits per heavy atom. The maximum absolute atomic E-state index is 11.8. The summed E-state index contributed by atoms with van der Waals surface area (Å²) in [5.74, 6) is 2.46. The van der Waals surface area contributed by atoms with E-state index < -0.39 is 21.6 Å². The average molecular weight is 417 g/mol. The third-order valence-corrected chi connectivity index (χ3v) is 6.55. The Balaban J connectivity index is 2.95. The standard InChI is InChI=1S/C17H28N4O4S2/c1-14-12-16(20(2)4-8-26(24)10-6-22)19-17(15(14)13-18)21(3)5-9-27(25)11-7-23/h12,22-23H,4-11H2,1-3H3. The Morgan fingerprint density at radius 2 is 1.56 bits per heavy atom. The topological polar surface area (TPSA) is 118 Å². The molecule has 10 heteroatoms. The van der Waals surface area contributed by atoms with Gasteiger partial charge in [0.25, 0.3) is 0 Å². The molecule has 0 aromatic carbocycles. The minimum Gasteiger partial charge on any atom is -0.395 e. The Bertz CT molecular complexity index is 709. The second-order valence-electron chi connectivity index (χ2n) is 6.09. The molecule has 27 heavy (non-hydrogen) atoms. The van der Waals surface area contributed by atoms with Gasteiger partial charge in [-0.15, -0.1) is 0 Å². The van der Waals surface area contributed by atoms with E-state index in [2.05, 4.69) is 11.1 Å². The number of anilines is 2. The predicted molar refractivity (Wildman–Crippen MR) is 110 cm³/mol. The maximum Gasteiger partial charge on any atom is 0.149 e. The third kappa shape index (κ3) is 7.54. The summed E-state index contributed by atoms with van der Waals surface area (Å²) in [6.07, 6.45) is 0. The van der Waals surface area contributed by atoms with Crippen LogP contribution in [0.2, 0.25) is 0 Å². The van der Waals surface area contributed by atoms with Crippen LogP contribution in [-0.2, 0) is 21.6 Å². The summed E-state index contributed by atoms with van der Waals surface area (Å²) in [6.45, 7) is 2.57. The van der Waals surface area contributed by atoms with Gasteiger partial charge in [0.15, 0.2) is 0 Å². The number of rotatable bonds is 12. The number of hydrogen-bond acceptors (Lipinski definition) is 8. The molecule has 152 valence electrons. The molecule has 2 N–H and O–H groups in total. The maximum atomic E-state index is 11.8. The fourth-order valence-electron chi connectivity index (χ4n) is 2.35.